The van der Waals surface area contributed by atoms with E-state index in [0.29, 0.717) is 11.3 Å². The van der Waals surface area contributed by atoms with Crippen LogP contribution in [0.15, 0.2) is 29.4 Å². The number of rotatable bonds is 7. The van der Waals surface area contributed by atoms with Crippen LogP contribution in [-0.4, -0.2) is 18.2 Å². The quantitative estimate of drug-likeness (QED) is 0.613. The van der Waals surface area contributed by atoms with Crippen LogP contribution in [0.4, 0.5) is 0 Å². The van der Waals surface area contributed by atoms with Crippen LogP contribution in [-0.2, 0) is 4.79 Å². The monoisotopic (exact) mass is 273 g/mol. The molecular weight excluding hydrogens is 254 g/mol. The number of carbonyl (C=O) groups is 1. The topological polar surface area (TPSA) is 74.5 Å². The number of hydrogen-bond donors (Lipinski definition) is 1. The third kappa shape index (κ3) is 6.01. The Labute approximate surface area is 119 Å². The molecule has 0 fully saturated rings. The van der Waals surface area contributed by atoms with Crippen LogP contribution in [0.5, 0.6) is 5.75 Å². The summed E-state index contributed by atoms with van der Waals surface area (Å²) in [7, 11) is 0. The number of amides is 1. The minimum absolute atomic E-state index is 0.101. The standard InChI is InChI=1S/C15H19N3O2/c1-3-4-5-12(2)17-18-15(19)11-20-14-8-6-13(10-16)7-9-14/h6-9H,3-5,11H2,1-2H3,(H,18,19)/b17-12-. The molecule has 0 spiro atoms. The molecule has 1 rings (SSSR count). The molecule has 20 heavy (non-hydrogen) atoms. The summed E-state index contributed by atoms with van der Waals surface area (Å²) in [5.41, 5.74) is 3.91. The molecule has 0 saturated heterocycles. The van der Waals surface area contributed by atoms with Crippen molar-refractivity contribution in [2.45, 2.75) is 33.1 Å². The number of nitrogens with one attached hydrogen (secondary N) is 1. The fourth-order valence-electron chi connectivity index (χ4n) is 1.45. The average molecular weight is 273 g/mol. The fourth-order valence-corrected chi connectivity index (χ4v) is 1.45. The molecule has 0 heterocycles. The first kappa shape index (κ1) is 15.7. The second-order valence-corrected chi connectivity index (χ2v) is 4.41. The summed E-state index contributed by atoms with van der Waals surface area (Å²) in [5.74, 6) is 0.246. The summed E-state index contributed by atoms with van der Waals surface area (Å²) in [6, 6.07) is 8.60. The summed E-state index contributed by atoms with van der Waals surface area (Å²) < 4.78 is 5.29. The van der Waals surface area contributed by atoms with Gasteiger partial charge in [0.2, 0.25) is 0 Å². The SMILES string of the molecule is CCCC/C(C)=N\NC(=O)COc1ccc(C#N)cc1. The number of nitriles is 1. The number of benzene rings is 1. The molecule has 5 nitrogen and oxygen atoms in total. The molecule has 0 aliphatic rings. The fraction of sp³-hybridized carbons (Fsp3) is 0.400. The van der Waals surface area contributed by atoms with E-state index >= 15 is 0 Å². The Morgan fingerprint density at radius 3 is 2.70 bits per heavy atom. The second-order valence-electron chi connectivity index (χ2n) is 4.41. The Morgan fingerprint density at radius 2 is 2.10 bits per heavy atom. The lowest BCUT2D eigenvalue weighted by Crippen LogP contribution is -2.25. The zero-order valence-corrected chi connectivity index (χ0v) is 11.8. The van der Waals surface area contributed by atoms with Gasteiger partial charge in [-0.2, -0.15) is 10.4 Å². The minimum Gasteiger partial charge on any atom is -0.484 e. The average Bonchev–Trinajstić information content (AvgIpc) is 2.49. The van der Waals surface area contributed by atoms with Gasteiger partial charge in [0.05, 0.1) is 11.6 Å². The Kier molecular flexibility index (Phi) is 6.83. The predicted octanol–water partition coefficient (Wildman–Crippen LogP) is 2.62. The molecule has 0 aromatic heterocycles. The van der Waals surface area contributed by atoms with Crippen LogP contribution in [0.25, 0.3) is 0 Å². The summed E-state index contributed by atoms with van der Waals surface area (Å²) in [5, 5.41) is 12.7. The van der Waals surface area contributed by atoms with Crippen molar-refractivity contribution in [3.8, 4) is 11.8 Å². The van der Waals surface area contributed by atoms with E-state index in [2.05, 4.69) is 17.5 Å². The van der Waals surface area contributed by atoms with Crippen LogP contribution in [0.1, 0.15) is 38.7 Å². The highest BCUT2D eigenvalue weighted by molar-refractivity contribution is 5.84. The molecule has 0 aliphatic heterocycles. The van der Waals surface area contributed by atoms with Gasteiger partial charge in [0, 0.05) is 5.71 Å². The van der Waals surface area contributed by atoms with Gasteiger partial charge in [-0.15, -0.1) is 0 Å². The molecular formula is C15H19N3O2. The molecule has 5 heteroatoms. The van der Waals surface area contributed by atoms with E-state index in [-0.39, 0.29) is 12.5 Å². The lowest BCUT2D eigenvalue weighted by molar-refractivity contribution is -0.123. The Hall–Kier alpha value is -2.35. The first-order valence-electron chi connectivity index (χ1n) is 6.60. The highest BCUT2D eigenvalue weighted by Crippen LogP contribution is 2.11. The van der Waals surface area contributed by atoms with Crippen LogP contribution in [0.2, 0.25) is 0 Å². The Morgan fingerprint density at radius 1 is 1.40 bits per heavy atom. The van der Waals surface area contributed by atoms with Crippen molar-refractivity contribution in [2.75, 3.05) is 6.61 Å². The van der Waals surface area contributed by atoms with Gasteiger partial charge in [-0.1, -0.05) is 13.3 Å². The first-order chi connectivity index (χ1) is 9.65. The molecule has 0 aliphatic carbocycles. The minimum atomic E-state index is -0.301. The van der Waals surface area contributed by atoms with Crippen molar-refractivity contribution < 1.29 is 9.53 Å². The highest BCUT2D eigenvalue weighted by atomic mass is 16.5. The third-order valence-corrected chi connectivity index (χ3v) is 2.62. The summed E-state index contributed by atoms with van der Waals surface area (Å²) >= 11 is 0. The number of unbranched alkanes of at least 4 members (excludes halogenated alkanes) is 1. The van der Waals surface area contributed by atoms with Crippen LogP contribution in [0, 0.1) is 11.3 Å². The van der Waals surface area contributed by atoms with Crippen LogP contribution < -0.4 is 10.2 Å². The van der Waals surface area contributed by atoms with E-state index in [4.69, 9.17) is 10.00 Å². The maximum atomic E-state index is 11.5. The third-order valence-electron chi connectivity index (χ3n) is 2.62. The molecule has 106 valence electrons. The van der Waals surface area contributed by atoms with E-state index < -0.39 is 0 Å². The maximum Gasteiger partial charge on any atom is 0.277 e. The normalized spacial score (nSPS) is 10.8. The highest BCUT2D eigenvalue weighted by Gasteiger charge is 2.02. The van der Waals surface area contributed by atoms with Crippen LogP contribution in [0.3, 0.4) is 0 Å². The number of hydrazone groups is 1. The van der Waals surface area contributed by atoms with Gasteiger partial charge < -0.3 is 4.74 Å². The van der Waals surface area contributed by atoms with Crippen molar-refractivity contribution in [1.82, 2.24) is 5.43 Å². The lowest BCUT2D eigenvalue weighted by Gasteiger charge is -2.05. The van der Waals surface area contributed by atoms with Crippen molar-refractivity contribution in [1.29, 1.82) is 5.26 Å². The lowest BCUT2D eigenvalue weighted by atomic mass is 10.2. The van der Waals surface area contributed by atoms with Gasteiger partial charge in [-0.25, -0.2) is 5.43 Å². The van der Waals surface area contributed by atoms with Crippen LogP contribution >= 0.6 is 0 Å². The van der Waals surface area contributed by atoms with Crippen molar-refractivity contribution in [2.24, 2.45) is 5.10 Å². The van der Waals surface area contributed by atoms with E-state index in [1.54, 1.807) is 24.3 Å². The molecule has 1 aromatic rings. The van der Waals surface area contributed by atoms with Crippen molar-refractivity contribution >= 4 is 11.6 Å². The van der Waals surface area contributed by atoms with Crippen molar-refractivity contribution in [3.63, 3.8) is 0 Å². The number of carbonyl (C=O) groups excluding carboxylic acids is 1. The smallest absolute Gasteiger partial charge is 0.277 e. The number of ether oxygens (including phenoxy) is 1. The van der Waals surface area contributed by atoms with Gasteiger partial charge >= 0.3 is 0 Å². The molecule has 1 amide bonds. The van der Waals surface area contributed by atoms with E-state index in [9.17, 15) is 4.79 Å². The van der Waals surface area contributed by atoms with Gasteiger partial charge in [-0.05, 0) is 44.0 Å². The van der Waals surface area contributed by atoms with Gasteiger partial charge in [0.25, 0.3) is 5.91 Å². The van der Waals surface area contributed by atoms with E-state index in [0.717, 1.165) is 25.0 Å². The molecule has 1 aromatic carbocycles. The molecule has 1 N–H and O–H groups in total. The van der Waals surface area contributed by atoms with Gasteiger partial charge in [-0.3, -0.25) is 4.79 Å². The summed E-state index contributed by atoms with van der Waals surface area (Å²) in [4.78, 5) is 11.5. The number of hydrogen-bond acceptors (Lipinski definition) is 4. The van der Waals surface area contributed by atoms with Gasteiger partial charge in [0.1, 0.15) is 5.75 Å². The Bertz CT molecular complexity index is 501. The zero-order chi connectivity index (χ0) is 14.8. The molecule has 0 unspecified atom stereocenters. The van der Waals surface area contributed by atoms with Crippen molar-refractivity contribution in [3.05, 3.63) is 29.8 Å². The zero-order valence-electron chi connectivity index (χ0n) is 11.8. The molecule has 0 atom stereocenters. The predicted molar refractivity (Wildman–Crippen MR) is 77.4 cm³/mol. The first-order valence-corrected chi connectivity index (χ1v) is 6.60. The van der Waals surface area contributed by atoms with E-state index in [1.165, 1.54) is 0 Å². The summed E-state index contributed by atoms with van der Waals surface area (Å²) in [6.45, 7) is 3.89. The molecule has 0 bridgehead atoms. The largest absolute Gasteiger partial charge is 0.484 e. The van der Waals surface area contributed by atoms with E-state index in [1.807, 2.05) is 13.0 Å². The number of nitrogens with zero attached hydrogens (tertiary/aromatic N) is 2. The molecule has 0 saturated carbocycles. The second kappa shape index (κ2) is 8.70. The Balaban J connectivity index is 2.34. The molecule has 0 radical (unpaired) electrons. The summed E-state index contributed by atoms with van der Waals surface area (Å²) in [6.07, 6.45) is 3.04. The maximum absolute atomic E-state index is 11.5. The van der Waals surface area contributed by atoms with Gasteiger partial charge in [0.15, 0.2) is 6.61 Å².